The Labute approximate surface area is 203 Å². The van der Waals surface area contributed by atoms with Crippen LogP contribution in [0.3, 0.4) is 0 Å². The van der Waals surface area contributed by atoms with Gasteiger partial charge in [0.1, 0.15) is 5.56 Å². The van der Waals surface area contributed by atoms with Gasteiger partial charge in [0.15, 0.2) is 36.2 Å². The molecule has 0 radical (unpaired) electrons. The molecule has 1 aliphatic rings. The largest absolute Gasteiger partial charge is 0.493 e. The fourth-order valence-corrected chi connectivity index (χ4v) is 4.90. The zero-order valence-corrected chi connectivity index (χ0v) is 20.2. The minimum absolute atomic E-state index is 0.0111. The van der Waals surface area contributed by atoms with E-state index in [4.69, 9.17) is 20.3 Å². The van der Waals surface area contributed by atoms with E-state index >= 15 is 0 Å². The van der Waals surface area contributed by atoms with Crippen LogP contribution in [-0.4, -0.2) is 34.3 Å². The molecule has 10 heteroatoms. The molecule has 4 rings (SSSR count). The lowest BCUT2D eigenvalue weighted by molar-refractivity contribution is -0.688. The molecule has 0 bridgehead atoms. The number of carbonyl (C=O) groups is 2. The van der Waals surface area contributed by atoms with E-state index in [2.05, 4.69) is 0 Å². The lowest BCUT2D eigenvalue weighted by atomic mass is 9.93. The summed E-state index contributed by atoms with van der Waals surface area (Å²) in [6.07, 6.45) is 4.33. The number of amides is 1. The van der Waals surface area contributed by atoms with Crippen LogP contribution in [0.1, 0.15) is 37.4 Å². The molecule has 1 atom stereocenters. The van der Waals surface area contributed by atoms with E-state index in [1.54, 1.807) is 48.3 Å². The number of aromatic nitrogens is 1. The number of nitrogens with zero attached hydrogens (tertiary/aromatic N) is 1. The Balaban J connectivity index is 1.56. The molecule has 1 amide bonds. The Morgan fingerprint density at radius 1 is 1.09 bits per heavy atom. The molecule has 182 valence electrons. The molecule has 1 unspecified atom stereocenters. The normalized spacial score (nSPS) is 15.1. The van der Waals surface area contributed by atoms with E-state index in [-0.39, 0.29) is 16.6 Å². The maximum absolute atomic E-state index is 13.1. The summed E-state index contributed by atoms with van der Waals surface area (Å²) in [7, 11) is -0.701. The second-order valence-electron chi connectivity index (χ2n) is 8.44. The molecule has 9 nitrogen and oxygen atoms in total. The molecular formula is C25H26N3O6S+. The second-order valence-corrected chi connectivity index (χ2v) is 10.0. The van der Waals surface area contributed by atoms with Crippen LogP contribution in [0, 0.1) is 5.92 Å². The van der Waals surface area contributed by atoms with Gasteiger partial charge in [-0.1, -0.05) is 12.1 Å². The van der Waals surface area contributed by atoms with Crippen LogP contribution in [0.2, 0.25) is 0 Å². The number of Topliss-reactive ketones (excluding diaryl/α,β-unsaturated/α-hetero) is 1. The number of nitrogens with two attached hydrogens (primary N) is 2. The molecule has 0 fully saturated rings. The highest BCUT2D eigenvalue weighted by atomic mass is 32.2. The summed E-state index contributed by atoms with van der Waals surface area (Å²) in [5.41, 5.74) is 8.97. The van der Waals surface area contributed by atoms with Crippen molar-refractivity contribution in [1.29, 1.82) is 0 Å². The number of carbonyl (C=O) groups excluding carboxylic acids is 2. The highest BCUT2D eigenvalue weighted by Crippen LogP contribution is 2.37. The number of sulfonamides is 1. The van der Waals surface area contributed by atoms with Crippen LogP contribution in [0.15, 0.2) is 59.8 Å². The van der Waals surface area contributed by atoms with Crippen molar-refractivity contribution in [2.75, 3.05) is 14.2 Å². The standard InChI is InChI=1S/C25H25N3O6S/c1-33-22-11-17-10-18(24(29)20(17)12-23(22)34-2)9-16-7-8-28(14-21(16)25(26)30)13-15-3-5-19(6-4-15)35(27,31)32/h3-8,11-12,14,18H,9-10,13H2,1-2H3,(H3-,26,27,30,31,32)/p+1. The van der Waals surface area contributed by atoms with Crippen molar-refractivity contribution in [2.24, 2.45) is 16.8 Å². The smallest absolute Gasteiger partial charge is 0.255 e. The molecule has 0 saturated carbocycles. The fourth-order valence-electron chi connectivity index (χ4n) is 4.39. The maximum Gasteiger partial charge on any atom is 0.255 e. The lowest BCUT2D eigenvalue weighted by Gasteiger charge is -2.11. The minimum Gasteiger partial charge on any atom is -0.493 e. The highest BCUT2D eigenvalue weighted by Gasteiger charge is 2.33. The van der Waals surface area contributed by atoms with Crippen LogP contribution in [0.4, 0.5) is 0 Å². The van der Waals surface area contributed by atoms with Gasteiger partial charge in [0.25, 0.3) is 5.91 Å². The van der Waals surface area contributed by atoms with Crippen LogP contribution < -0.4 is 24.9 Å². The zero-order valence-electron chi connectivity index (χ0n) is 19.4. The Hall–Kier alpha value is -3.76. The molecular weight excluding hydrogens is 470 g/mol. The van der Waals surface area contributed by atoms with Crippen LogP contribution in [-0.2, 0) is 29.4 Å². The fraction of sp³-hybridized carbons (Fsp3) is 0.240. The van der Waals surface area contributed by atoms with Crippen LogP contribution in [0.5, 0.6) is 11.5 Å². The number of rotatable bonds is 8. The summed E-state index contributed by atoms with van der Waals surface area (Å²) >= 11 is 0. The molecule has 35 heavy (non-hydrogen) atoms. The van der Waals surface area contributed by atoms with Gasteiger partial charge in [-0.15, -0.1) is 0 Å². The van der Waals surface area contributed by atoms with Crippen LogP contribution in [0.25, 0.3) is 0 Å². The second kappa shape index (κ2) is 9.47. The van der Waals surface area contributed by atoms with Crippen molar-refractivity contribution in [3.63, 3.8) is 0 Å². The van der Waals surface area contributed by atoms with Crippen molar-refractivity contribution < 1.29 is 32.0 Å². The van der Waals surface area contributed by atoms with E-state index in [0.717, 1.165) is 11.1 Å². The van der Waals surface area contributed by atoms with Gasteiger partial charge in [0.05, 0.1) is 19.1 Å². The predicted molar refractivity (Wildman–Crippen MR) is 127 cm³/mol. The molecule has 0 spiro atoms. The number of ether oxygens (including phenoxy) is 2. The van der Waals surface area contributed by atoms with Gasteiger partial charge in [0, 0.05) is 23.1 Å². The number of methoxy groups -OCH3 is 2. The summed E-state index contributed by atoms with van der Waals surface area (Å²) in [4.78, 5) is 25.3. The summed E-state index contributed by atoms with van der Waals surface area (Å²) < 4.78 is 35.3. The summed E-state index contributed by atoms with van der Waals surface area (Å²) in [5, 5.41) is 5.14. The van der Waals surface area contributed by atoms with Crippen LogP contribution >= 0.6 is 0 Å². The van der Waals surface area contributed by atoms with E-state index in [1.807, 2.05) is 6.07 Å². The first kappa shape index (κ1) is 24.4. The van der Waals surface area contributed by atoms with E-state index in [0.29, 0.717) is 47.6 Å². The number of fused-ring (bicyclic) bond motifs is 1. The quantitative estimate of drug-likeness (QED) is 0.451. The Morgan fingerprint density at radius 3 is 2.34 bits per heavy atom. The Bertz CT molecular complexity index is 1420. The molecule has 2 aromatic carbocycles. The first-order valence-electron chi connectivity index (χ1n) is 10.8. The molecule has 0 saturated heterocycles. The Kier molecular flexibility index (Phi) is 6.60. The van der Waals surface area contributed by atoms with E-state index in [9.17, 15) is 18.0 Å². The van der Waals surface area contributed by atoms with Crippen molar-refractivity contribution >= 4 is 21.7 Å². The third-order valence-corrected chi connectivity index (χ3v) is 7.10. The van der Waals surface area contributed by atoms with Gasteiger partial charge >= 0.3 is 0 Å². The Morgan fingerprint density at radius 2 is 1.74 bits per heavy atom. The number of hydrogen-bond donors (Lipinski definition) is 2. The average molecular weight is 497 g/mol. The van der Waals surface area contributed by atoms with E-state index < -0.39 is 15.9 Å². The van der Waals surface area contributed by atoms with Gasteiger partial charge in [-0.25, -0.2) is 13.6 Å². The highest BCUT2D eigenvalue weighted by molar-refractivity contribution is 7.89. The minimum atomic E-state index is -3.77. The average Bonchev–Trinajstić information content (AvgIpc) is 3.12. The molecule has 0 aliphatic heterocycles. The third-order valence-electron chi connectivity index (χ3n) is 6.17. The number of benzene rings is 2. The summed E-state index contributed by atoms with van der Waals surface area (Å²) in [6.45, 7) is 0.388. The predicted octanol–water partition coefficient (Wildman–Crippen LogP) is 1.38. The number of ketones is 1. The van der Waals surface area contributed by atoms with Gasteiger partial charge in [-0.05, 0) is 48.2 Å². The lowest BCUT2D eigenvalue weighted by Crippen LogP contribution is -2.36. The number of hydrogen-bond acceptors (Lipinski definition) is 6. The van der Waals surface area contributed by atoms with Gasteiger partial charge < -0.3 is 15.2 Å². The van der Waals surface area contributed by atoms with E-state index in [1.165, 1.54) is 19.2 Å². The SMILES string of the molecule is COc1cc2c(cc1OC)C(=O)C(Cc1cc[n+](Cc3ccc(S(N)(=O)=O)cc3)cc1C(N)=O)C2. The third kappa shape index (κ3) is 5.03. The molecule has 1 aromatic heterocycles. The molecule has 4 N–H and O–H groups in total. The number of primary sulfonamides is 1. The first-order chi connectivity index (χ1) is 16.6. The molecule has 3 aromatic rings. The maximum atomic E-state index is 13.1. The molecule has 1 heterocycles. The molecule has 1 aliphatic carbocycles. The summed E-state index contributed by atoms with van der Waals surface area (Å²) in [5.74, 6) is 0.126. The zero-order chi connectivity index (χ0) is 25.3. The van der Waals surface area contributed by atoms with Crippen molar-refractivity contribution in [2.45, 2.75) is 24.3 Å². The van der Waals surface area contributed by atoms with Gasteiger partial charge in [-0.2, -0.15) is 4.57 Å². The number of primary amides is 1. The van der Waals surface area contributed by atoms with Gasteiger partial charge in [0.2, 0.25) is 10.0 Å². The van der Waals surface area contributed by atoms with Crippen molar-refractivity contribution in [1.82, 2.24) is 0 Å². The summed E-state index contributed by atoms with van der Waals surface area (Å²) in [6, 6.07) is 11.5. The van der Waals surface area contributed by atoms with Crippen molar-refractivity contribution in [3.05, 3.63) is 82.7 Å². The number of pyridine rings is 1. The topological polar surface area (TPSA) is 143 Å². The first-order valence-corrected chi connectivity index (χ1v) is 12.4. The monoisotopic (exact) mass is 496 g/mol. The van der Waals surface area contributed by atoms with Gasteiger partial charge in [-0.3, -0.25) is 9.59 Å². The van der Waals surface area contributed by atoms with Crippen molar-refractivity contribution in [3.8, 4) is 11.5 Å².